The first-order valence-electron chi connectivity index (χ1n) is 6.37. The minimum absolute atomic E-state index is 0.192. The van der Waals surface area contributed by atoms with Crippen LogP contribution in [0.2, 0.25) is 5.02 Å². The number of halogens is 2. The number of hydrogen-bond acceptors (Lipinski definition) is 4. The van der Waals surface area contributed by atoms with Gasteiger partial charge < -0.3 is 11.1 Å². The summed E-state index contributed by atoms with van der Waals surface area (Å²) >= 11 is 6.00. The Bertz CT molecular complexity index is 611. The molecule has 20 heavy (non-hydrogen) atoms. The van der Waals surface area contributed by atoms with Gasteiger partial charge in [-0.3, -0.25) is 0 Å². The van der Waals surface area contributed by atoms with Crippen LogP contribution in [0, 0.1) is 12.7 Å². The Morgan fingerprint density at radius 1 is 1.35 bits per heavy atom. The fraction of sp³-hybridized carbons (Fsp3) is 0.286. The third kappa shape index (κ3) is 2.99. The Hall–Kier alpha value is -1.88. The van der Waals surface area contributed by atoms with E-state index in [1.54, 1.807) is 19.1 Å². The molecule has 2 aromatic rings. The second-order valence-electron chi connectivity index (χ2n) is 4.47. The van der Waals surface area contributed by atoms with Gasteiger partial charge in [0.1, 0.15) is 23.3 Å². The van der Waals surface area contributed by atoms with Crippen molar-refractivity contribution in [3.05, 3.63) is 40.4 Å². The number of benzene rings is 1. The summed E-state index contributed by atoms with van der Waals surface area (Å²) in [6.07, 6.45) is 1.62. The summed E-state index contributed by atoms with van der Waals surface area (Å²) in [6.45, 7) is 3.81. The van der Waals surface area contributed by atoms with Crippen LogP contribution in [0.25, 0.3) is 0 Å². The molecule has 106 valence electrons. The van der Waals surface area contributed by atoms with E-state index in [0.29, 0.717) is 34.5 Å². The molecule has 1 aromatic heterocycles. The van der Waals surface area contributed by atoms with Gasteiger partial charge in [0.25, 0.3) is 0 Å². The van der Waals surface area contributed by atoms with E-state index >= 15 is 0 Å². The zero-order valence-corrected chi connectivity index (χ0v) is 12.1. The SMILES string of the molecule is CCCc1nc(N)c(C)c(Nc2c(F)cccc2Cl)n1. The van der Waals surface area contributed by atoms with Crippen molar-refractivity contribution in [2.75, 3.05) is 11.1 Å². The van der Waals surface area contributed by atoms with Crippen molar-refractivity contribution >= 4 is 28.9 Å². The molecule has 0 radical (unpaired) electrons. The first-order chi connectivity index (χ1) is 9.52. The fourth-order valence-electron chi connectivity index (χ4n) is 1.77. The molecule has 0 aliphatic carbocycles. The Morgan fingerprint density at radius 3 is 2.75 bits per heavy atom. The first-order valence-corrected chi connectivity index (χ1v) is 6.74. The number of rotatable bonds is 4. The van der Waals surface area contributed by atoms with Crippen LogP contribution in [0.15, 0.2) is 18.2 Å². The molecule has 0 saturated carbocycles. The van der Waals surface area contributed by atoms with Gasteiger partial charge in [-0.1, -0.05) is 24.6 Å². The monoisotopic (exact) mass is 294 g/mol. The highest BCUT2D eigenvalue weighted by molar-refractivity contribution is 6.33. The molecular formula is C14H16ClFN4. The van der Waals surface area contributed by atoms with Crippen LogP contribution < -0.4 is 11.1 Å². The topological polar surface area (TPSA) is 63.8 Å². The predicted molar refractivity (Wildman–Crippen MR) is 79.9 cm³/mol. The maximum atomic E-state index is 13.8. The smallest absolute Gasteiger partial charge is 0.148 e. The maximum absolute atomic E-state index is 13.8. The van der Waals surface area contributed by atoms with Gasteiger partial charge in [-0.15, -0.1) is 0 Å². The van der Waals surface area contributed by atoms with E-state index in [4.69, 9.17) is 17.3 Å². The van der Waals surface area contributed by atoms with Crippen LogP contribution in [0.1, 0.15) is 24.7 Å². The molecule has 0 saturated heterocycles. The van der Waals surface area contributed by atoms with Crippen molar-refractivity contribution in [3.63, 3.8) is 0 Å². The lowest BCUT2D eigenvalue weighted by Gasteiger charge is -2.13. The fourth-order valence-corrected chi connectivity index (χ4v) is 1.99. The standard InChI is InChI=1S/C14H16ClFN4/c1-3-5-11-18-13(17)8(2)14(19-11)20-12-9(15)6-4-7-10(12)16/h4,6-7H,3,5H2,1-2H3,(H3,17,18,19,20). The molecule has 0 aliphatic rings. The van der Waals surface area contributed by atoms with Gasteiger partial charge in [0.15, 0.2) is 0 Å². The highest BCUT2D eigenvalue weighted by atomic mass is 35.5. The average Bonchev–Trinajstić information content (AvgIpc) is 2.39. The maximum Gasteiger partial charge on any atom is 0.148 e. The van der Waals surface area contributed by atoms with E-state index < -0.39 is 5.82 Å². The van der Waals surface area contributed by atoms with E-state index in [1.165, 1.54) is 6.07 Å². The molecule has 0 fully saturated rings. The number of nitrogens with one attached hydrogen (secondary N) is 1. The summed E-state index contributed by atoms with van der Waals surface area (Å²) < 4.78 is 13.8. The van der Waals surface area contributed by atoms with Crippen LogP contribution in [0.5, 0.6) is 0 Å². The van der Waals surface area contributed by atoms with Gasteiger partial charge in [0.05, 0.1) is 10.7 Å². The van der Waals surface area contributed by atoms with Crippen LogP contribution in [-0.2, 0) is 6.42 Å². The molecule has 2 rings (SSSR count). The molecule has 6 heteroatoms. The van der Waals surface area contributed by atoms with E-state index in [1.807, 2.05) is 6.92 Å². The molecule has 0 aliphatic heterocycles. The molecule has 0 bridgehead atoms. The normalized spacial score (nSPS) is 10.6. The number of hydrogen-bond donors (Lipinski definition) is 2. The van der Waals surface area contributed by atoms with Crippen LogP contribution >= 0.6 is 11.6 Å². The van der Waals surface area contributed by atoms with E-state index in [0.717, 1.165) is 6.42 Å². The lowest BCUT2D eigenvalue weighted by molar-refractivity contribution is 0.632. The highest BCUT2D eigenvalue weighted by Crippen LogP contribution is 2.29. The van der Waals surface area contributed by atoms with Gasteiger partial charge in [0.2, 0.25) is 0 Å². The van der Waals surface area contributed by atoms with Gasteiger partial charge in [-0.2, -0.15) is 0 Å². The summed E-state index contributed by atoms with van der Waals surface area (Å²) in [5, 5.41) is 3.20. The molecule has 0 amide bonds. The van der Waals surface area contributed by atoms with Crippen molar-refractivity contribution in [1.29, 1.82) is 0 Å². The molecule has 3 N–H and O–H groups in total. The van der Waals surface area contributed by atoms with Crippen LogP contribution in [-0.4, -0.2) is 9.97 Å². The Kier molecular flexibility index (Phi) is 4.39. The number of para-hydroxylation sites is 1. The molecule has 1 heterocycles. The third-order valence-electron chi connectivity index (χ3n) is 2.91. The molecular weight excluding hydrogens is 279 g/mol. The highest BCUT2D eigenvalue weighted by Gasteiger charge is 2.12. The number of aryl methyl sites for hydroxylation is 1. The molecule has 1 aromatic carbocycles. The largest absolute Gasteiger partial charge is 0.383 e. The summed E-state index contributed by atoms with van der Waals surface area (Å²) in [5.74, 6) is 1.06. The molecule has 0 unspecified atom stereocenters. The third-order valence-corrected chi connectivity index (χ3v) is 3.22. The number of nitrogens with two attached hydrogens (primary N) is 1. The quantitative estimate of drug-likeness (QED) is 0.899. The summed E-state index contributed by atoms with van der Waals surface area (Å²) in [7, 11) is 0. The van der Waals surface area contributed by atoms with E-state index in [-0.39, 0.29) is 5.69 Å². The Labute approximate surface area is 122 Å². The summed E-state index contributed by atoms with van der Waals surface area (Å²) in [5.41, 5.74) is 6.73. The first kappa shape index (κ1) is 14.5. The molecule has 0 atom stereocenters. The second-order valence-corrected chi connectivity index (χ2v) is 4.88. The minimum atomic E-state index is -0.439. The second kappa shape index (κ2) is 6.05. The molecule has 4 nitrogen and oxygen atoms in total. The Morgan fingerprint density at radius 2 is 2.10 bits per heavy atom. The van der Waals surface area contributed by atoms with E-state index in [9.17, 15) is 4.39 Å². The Balaban J connectivity index is 2.42. The summed E-state index contributed by atoms with van der Waals surface area (Å²) in [6, 6.07) is 4.49. The van der Waals surface area contributed by atoms with Gasteiger partial charge in [0, 0.05) is 12.0 Å². The number of nitrogens with zero attached hydrogens (tertiary/aromatic N) is 2. The molecule has 0 spiro atoms. The zero-order valence-electron chi connectivity index (χ0n) is 11.4. The van der Waals surface area contributed by atoms with Gasteiger partial charge in [-0.25, -0.2) is 14.4 Å². The van der Waals surface area contributed by atoms with Crippen molar-refractivity contribution < 1.29 is 4.39 Å². The summed E-state index contributed by atoms with van der Waals surface area (Å²) in [4.78, 5) is 8.58. The van der Waals surface area contributed by atoms with Crippen molar-refractivity contribution in [2.45, 2.75) is 26.7 Å². The van der Waals surface area contributed by atoms with Crippen molar-refractivity contribution in [3.8, 4) is 0 Å². The van der Waals surface area contributed by atoms with Crippen LogP contribution in [0.4, 0.5) is 21.7 Å². The van der Waals surface area contributed by atoms with Gasteiger partial charge >= 0.3 is 0 Å². The lowest BCUT2D eigenvalue weighted by Crippen LogP contribution is -2.08. The van der Waals surface area contributed by atoms with Crippen molar-refractivity contribution in [2.24, 2.45) is 0 Å². The minimum Gasteiger partial charge on any atom is -0.383 e. The lowest BCUT2D eigenvalue weighted by atomic mass is 10.2. The van der Waals surface area contributed by atoms with Gasteiger partial charge in [-0.05, 0) is 25.5 Å². The zero-order chi connectivity index (χ0) is 14.7. The number of nitrogen functional groups attached to an aromatic ring is 1. The van der Waals surface area contributed by atoms with Crippen molar-refractivity contribution in [1.82, 2.24) is 9.97 Å². The average molecular weight is 295 g/mol. The van der Waals surface area contributed by atoms with E-state index in [2.05, 4.69) is 15.3 Å². The predicted octanol–water partition coefficient (Wildman–Crippen LogP) is 3.86. The number of aromatic nitrogens is 2. The number of anilines is 3. The van der Waals surface area contributed by atoms with Crippen LogP contribution in [0.3, 0.4) is 0 Å².